The van der Waals surface area contributed by atoms with Crippen molar-refractivity contribution in [3.63, 3.8) is 0 Å². The van der Waals surface area contributed by atoms with E-state index in [4.69, 9.17) is 0 Å². The number of hydrogen-bond acceptors (Lipinski definition) is 3. The third-order valence-electron chi connectivity index (χ3n) is 2.81. The zero-order chi connectivity index (χ0) is 10.9. The molecule has 1 rings (SSSR count). The van der Waals surface area contributed by atoms with Gasteiger partial charge in [0.25, 0.3) is 0 Å². The normalized spacial score (nSPS) is 19.5. The van der Waals surface area contributed by atoms with Gasteiger partial charge in [0.05, 0.1) is 0 Å². The minimum absolute atomic E-state index is 0.623. The first kappa shape index (κ1) is 13.1. The largest absolute Gasteiger partial charge is 0.317 e. The number of nitrogens with one attached hydrogen (secondary N) is 1. The maximum absolute atomic E-state index is 10.8. The van der Waals surface area contributed by atoms with Crippen LogP contribution in [0.2, 0.25) is 0 Å². The van der Waals surface area contributed by atoms with Crippen LogP contribution in [-0.4, -0.2) is 53.8 Å². The predicted molar refractivity (Wildman–Crippen MR) is 66.7 cm³/mol. The Labute approximate surface area is 96.1 Å². The molecule has 90 valence electrons. The molecule has 0 saturated carbocycles. The summed E-state index contributed by atoms with van der Waals surface area (Å²) in [5.74, 6) is 0.832. The van der Waals surface area contributed by atoms with Gasteiger partial charge in [0.1, 0.15) is 0 Å². The Morgan fingerprint density at radius 3 is 2.53 bits per heavy atom. The van der Waals surface area contributed by atoms with Crippen molar-refractivity contribution < 1.29 is 4.21 Å². The highest BCUT2D eigenvalue weighted by Gasteiger charge is 2.09. The molecule has 1 fully saturated rings. The highest BCUT2D eigenvalue weighted by molar-refractivity contribution is 7.84. The molecule has 1 aliphatic heterocycles. The molecule has 0 bridgehead atoms. The minimum Gasteiger partial charge on any atom is -0.317 e. The van der Waals surface area contributed by atoms with E-state index in [0.717, 1.165) is 25.3 Å². The van der Waals surface area contributed by atoms with Crippen LogP contribution in [0, 0.1) is 0 Å². The van der Waals surface area contributed by atoms with Crippen molar-refractivity contribution in [2.75, 3.05) is 44.7 Å². The standard InChI is InChI=1S/C11H24N2OS/c1-15(14)11-5-7-12-6-4-10-13-8-2-3-9-13/h12H,2-11H2,1H3. The summed E-state index contributed by atoms with van der Waals surface area (Å²) < 4.78 is 10.8. The van der Waals surface area contributed by atoms with Crippen LogP contribution in [0.25, 0.3) is 0 Å². The lowest BCUT2D eigenvalue weighted by molar-refractivity contribution is 0.331. The van der Waals surface area contributed by atoms with Crippen LogP contribution < -0.4 is 5.32 Å². The predicted octanol–water partition coefficient (Wildman–Crippen LogP) is 0.831. The summed E-state index contributed by atoms with van der Waals surface area (Å²) in [4.78, 5) is 2.54. The van der Waals surface area contributed by atoms with Gasteiger partial charge in [-0.2, -0.15) is 0 Å². The molecule has 1 N–H and O–H groups in total. The van der Waals surface area contributed by atoms with E-state index in [1.807, 2.05) is 0 Å². The highest BCUT2D eigenvalue weighted by atomic mass is 32.2. The molecule has 0 aliphatic carbocycles. The van der Waals surface area contributed by atoms with Gasteiger partial charge in [-0.05, 0) is 58.4 Å². The van der Waals surface area contributed by atoms with Crippen LogP contribution in [-0.2, 0) is 10.8 Å². The number of likely N-dealkylation sites (tertiary alicyclic amines) is 1. The Morgan fingerprint density at radius 2 is 1.87 bits per heavy atom. The average molecular weight is 232 g/mol. The van der Waals surface area contributed by atoms with Crippen molar-refractivity contribution in [3.8, 4) is 0 Å². The van der Waals surface area contributed by atoms with Gasteiger partial charge < -0.3 is 10.2 Å². The molecule has 0 aromatic heterocycles. The molecule has 4 heteroatoms. The zero-order valence-corrected chi connectivity index (χ0v) is 10.7. The van der Waals surface area contributed by atoms with Crippen molar-refractivity contribution in [1.82, 2.24) is 10.2 Å². The maximum Gasteiger partial charge on any atom is 0.0244 e. The first-order valence-corrected chi connectivity index (χ1v) is 7.75. The Balaban J connectivity index is 1.78. The van der Waals surface area contributed by atoms with Gasteiger partial charge in [0.15, 0.2) is 0 Å². The molecule has 0 aromatic rings. The Morgan fingerprint density at radius 1 is 1.20 bits per heavy atom. The molecule has 1 unspecified atom stereocenters. The van der Waals surface area contributed by atoms with Crippen LogP contribution in [0.4, 0.5) is 0 Å². The number of nitrogens with zero attached hydrogens (tertiary/aromatic N) is 1. The van der Waals surface area contributed by atoms with Gasteiger partial charge in [0, 0.05) is 22.8 Å². The summed E-state index contributed by atoms with van der Waals surface area (Å²) in [5.41, 5.74) is 0. The van der Waals surface area contributed by atoms with Crippen LogP contribution in [0.15, 0.2) is 0 Å². The third kappa shape index (κ3) is 7.03. The molecule has 0 spiro atoms. The second kappa shape index (κ2) is 8.25. The zero-order valence-electron chi connectivity index (χ0n) is 9.83. The molecular weight excluding hydrogens is 208 g/mol. The van der Waals surface area contributed by atoms with E-state index >= 15 is 0 Å². The van der Waals surface area contributed by atoms with E-state index in [1.54, 1.807) is 6.26 Å². The second-order valence-electron chi connectivity index (χ2n) is 4.28. The van der Waals surface area contributed by atoms with Crippen molar-refractivity contribution in [2.45, 2.75) is 25.7 Å². The van der Waals surface area contributed by atoms with Crippen LogP contribution in [0.5, 0.6) is 0 Å². The van der Waals surface area contributed by atoms with E-state index in [-0.39, 0.29) is 0 Å². The molecule has 1 atom stereocenters. The van der Waals surface area contributed by atoms with E-state index in [1.165, 1.54) is 38.9 Å². The van der Waals surface area contributed by atoms with Crippen molar-refractivity contribution >= 4 is 10.8 Å². The van der Waals surface area contributed by atoms with Gasteiger partial charge in [-0.25, -0.2) is 0 Å². The van der Waals surface area contributed by atoms with Gasteiger partial charge in [-0.3, -0.25) is 4.21 Å². The van der Waals surface area contributed by atoms with Crippen LogP contribution >= 0.6 is 0 Å². The van der Waals surface area contributed by atoms with E-state index in [2.05, 4.69) is 10.2 Å². The molecule has 1 heterocycles. The van der Waals surface area contributed by atoms with Gasteiger partial charge in [-0.1, -0.05) is 0 Å². The van der Waals surface area contributed by atoms with Gasteiger partial charge in [-0.15, -0.1) is 0 Å². The molecule has 1 aliphatic rings. The summed E-state index contributed by atoms with van der Waals surface area (Å²) in [6.45, 7) is 5.96. The van der Waals surface area contributed by atoms with E-state index in [0.29, 0.717) is 0 Å². The first-order valence-electron chi connectivity index (χ1n) is 6.02. The molecule has 0 aromatic carbocycles. The quantitative estimate of drug-likeness (QED) is 0.629. The second-order valence-corrected chi connectivity index (χ2v) is 5.84. The SMILES string of the molecule is CS(=O)CCCNCCCN1CCCC1. The van der Waals surface area contributed by atoms with Crippen LogP contribution in [0.1, 0.15) is 25.7 Å². The lowest BCUT2D eigenvalue weighted by Gasteiger charge is -2.14. The van der Waals surface area contributed by atoms with Crippen molar-refractivity contribution in [2.24, 2.45) is 0 Å². The molecule has 1 saturated heterocycles. The highest BCUT2D eigenvalue weighted by Crippen LogP contribution is 2.06. The minimum atomic E-state index is -0.623. The Bertz CT molecular complexity index is 181. The fourth-order valence-electron chi connectivity index (χ4n) is 1.96. The fraction of sp³-hybridized carbons (Fsp3) is 1.00. The summed E-state index contributed by atoms with van der Waals surface area (Å²) >= 11 is 0. The molecular formula is C11H24N2OS. The summed E-state index contributed by atoms with van der Waals surface area (Å²) in [5, 5.41) is 3.40. The van der Waals surface area contributed by atoms with Gasteiger partial charge in [0.2, 0.25) is 0 Å². The fourth-order valence-corrected chi connectivity index (χ4v) is 2.51. The number of rotatable bonds is 8. The van der Waals surface area contributed by atoms with Gasteiger partial charge >= 0.3 is 0 Å². The molecule has 0 amide bonds. The lowest BCUT2D eigenvalue weighted by Crippen LogP contribution is -2.25. The maximum atomic E-state index is 10.8. The van der Waals surface area contributed by atoms with Crippen molar-refractivity contribution in [1.29, 1.82) is 0 Å². The monoisotopic (exact) mass is 232 g/mol. The Hall–Kier alpha value is 0.0700. The van der Waals surface area contributed by atoms with E-state index < -0.39 is 10.8 Å². The summed E-state index contributed by atoms with van der Waals surface area (Å²) in [6.07, 6.45) is 6.82. The summed E-state index contributed by atoms with van der Waals surface area (Å²) in [6, 6.07) is 0. The third-order valence-corrected chi connectivity index (χ3v) is 3.68. The topological polar surface area (TPSA) is 32.3 Å². The van der Waals surface area contributed by atoms with E-state index in [9.17, 15) is 4.21 Å². The molecule has 0 radical (unpaired) electrons. The van der Waals surface area contributed by atoms with Crippen LogP contribution in [0.3, 0.4) is 0 Å². The first-order chi connectivity index (χ1) is 7.29. The number of hydrogen-bond donors (Lipinski definition) is 1. The average Bonchev–Trinajstić information content (AvgIpc) is 2.68. The Kier molecular flexibility index (Phi) is 7.22. The lowest BCUT2D eigenvalue weighted by atomic mass is 10.3. The summed E-state index contributed by atoms with van der Waals surface area (Å²) in [7, 11) is -0.623. The molecule has 3 nitrogen and oxygen atoms in total. The molecule has 15 heavy (non-hydrogen) atoms. The smallest absolute Gasteiger partial charge is 0.0244 e. The van der Waals surface area contributed by atoms with Crippen molar-refractivity contribution in [3.05, 3.63) is 0 Å².